The number of ether oxygens (including phenoxy) is 1. The fraction of sp³-hybridized carbons (Fsp3) is 0.360. The molecule has 7 heteroatoms. The lowest BCUT2D eigenvalue weighted by molar-refractivity contribution is 0.0384. The molecule has 0 spiro atoms. The van der Waals surface area contributed by atoms with Crippen molar-refractivity contribution < 1.29 is 9.53 Å². The molecule has 5 rings (SSSR count). The molecule has 1 amide bonds. The number of nitrogens with zero attached hydrogens (tertiary/aromatic N) is 2. The van der Waals surface area contributed by atoms with E-state index in [2.05, 4.69) is 55.8 Å². The summed E-state index contributed by atoms with van der Waals surface area (Å²) in [5.41, 5.74) is 7.00. The van der Waals surface area contributed by atoms with Crippen molar-refractivity contribution in [3.05, 3.63) is 65.5 Å². The van der Waals surface area contributed by atoms with Gasteiger partial charge >= 0.3 is 0 Å². The van der Waals surface area contributed by atoms with Crippen LogP contribution in [0.15, 0.2) is 48.7 Å². The summed E-state index contributed by atoms with van der Waals surface area (Å²) in [5.74, 6) is -0.00292. The Balaban J connectivity index is 1.26. The summed E-state index contributed by atoms with van der Waals surface area (Å²) in [6, 6.07) is 14.5. The number of hydrogen-bond donors (Lipinski definition) is 3. The van der Waals surface area contributed by atoms with Crippen molar-refractivity contribution in [3.63, 3.8) is 0 Å². The smallest absolute Gasteiger partial charge is 0.253 e. The summed E-state index contributed by atoms with van der Waals surface area (Å²) in [4.78, 5) is 22.6. The van der Waals surface area contributed by atoms with Crippen LogP contribution in [0.2, 0.25) is 0 Å². The van der Waals surface area contributed by atoms with E-state index in [-0.39, 0.29) is 5.91 Å². The number of morpholine rings is 1. The highest BCUT2D eigenvalue weighted by atomic mass is 16.5. The van der Waals surface area contributed by atoms with Crippen LogP contribution in [-0.2, 0) is 17.7 Å². The zero-order valence-corrected chi connectivity index (χ0v) is 18.2. The second-order valence-electron chi connectivity index (χ2n) is 8.34. The molecule has 7 nitrogen and oxygen atoms in total. The maximum Gasteiger partial charge on any atom is 0.253 e. The number of hydrogen-bond acceptors (Lipinski definition) is 5. The predicted octanol–water partition coefficient (Wildman–Crippen LogP) is 2.45. The number of H-pyrrole nitrogens is 1. The highest BCUT2D eigenvalue weighted by molar-refractivity contribution is 5.97. The van der Waals surface area contributed by atoms with Crippen LogP contribution >= 0.6 is 0 Å². The van der Waals surface area contributed by atoms with Gasteiger partial charge in [0.2, 0.25) is 0 Å². The van der Waals surface area contributed by atoms with Gasteiger partial charge in [-0.3, -0.25) is 14.7 Å². The third-order valence-corrected chi connectivity index (χ3v) is 6.14. The van der Waals surface area contributed by atoms with E-state index in [1.807, 2.05) is 18.3 Å². The first-order valence-electron chi connectivity index (χ1n) is 11.3. The third-order valence-electron chi connectivity index (χ3n) is 6.14. The van der Waals surface area contributed by atoms with Crippen molar-refractivity contribution in [2.75, 3.05) is 45.9 Å². The number of amides is 1. The summed E-state index contributed by atoms with van der Waals surface area (Å²) in [7, 11) is 0. The first-order valence-corrected chi connectivity index (χ1v) is 11.3. The Kier molecular flexibility index (Phi) is 6.29. The average molecular weight is 432 g/mol. The molecule has 3 N–H and O–H groups in total. The Morgan fingerprint density at radius 3 is 2.88 bits per heavy atom. The molecule has 3 aromatic rings. The van der Waals surface area contributed by atoms with Crippen molar-refractivity contribution in [2.45, 2.75) is 13.0 Å². The quantitative estimate of drug-likeness (QED) is 0.501. The van der Waals surface area contributed by atoms with Gasteiger partial charge in [-0.15, -0.1) is 0 Å². The second-order valence-corrected chi connectivity index (χ2v) is 8.34. The Morgan fingerprint density at radius 1 is 1.09 bits per heavy atom. The third kappa shape index (κ3) is 4.75. The minimum absolute atomic E-state index is 0.00292. The Labute approximate surface area is 188 Å². The molecule has 0 saturated carbocycles. The molecule has 1 aromatic carbocycles. The van der Waals surface area contributed by atoms with Crippen LogP contribution in [0.25, 0.3) is 22.5 Å². The van der Waals surface area contributed by atoms with Gasteiger partial charge in [0.25, 0.3) is 5.91 Å². The molecule has 0 unspecified atom stereocenters. The fourth-order valence-corrected chi connectivity index (χ4v) is 4.34. The van der Waals surface area contributed by atoms with Gasteiger partial charge < -0.3 is 20.4 Å². The van der Waals surface area contributed by atoms with E-state index in [1.165, 1.54) is 5.56 Å². The number of aromatic nitrogens is 2. The zero-order chi connectivity index (χ0) is 21.8. The maximum atomic E-state index is 12.1. The summed E-state index contributed by atoms with van der Waals surface area (Å²) in [6.07, 6.45) is 2.66. The number of carbonyl (C=O) groups is 1. The van der Waals surface area contributed by atoms with E-state index < -0.39 is 0 Å². The van der Waals surface area contributed by atoms with E-state index >= 15 is 0 Å². The minimum atomic E-state index is -0.00292. The molecule has 1 saturated heterocycles. The summed E-state index contributed by atoms with van der Waals surface area (Å²) in [5, 5.41) is 6.45. The van der Waals surface area contributed by atoms with Crippen molar-refractivity contribution in [1.82, 2.24) is 25.5 Å². The topological polar surface area (TPSA) is 82.3 Å². The molecular weight excluding hydrogens is 402 g/mol. The lowest BCUT2D eigenvalue weighted by Gasteiger charge is -2.26. The van der Waals surface area contributed by atoms with E-state index in [0.717, 1.165) is 86.1 Å². The van der Waals surface area contributed by atoms with Crippen LogP contribution < -0.4 is 10.6 Å². The van der Waals surface area contributed by atoms with Gasteiger partial charge in [-0.25, -0.2) is 0 Å². The molecule has 1 fully saturated rings. The number of aromatic amines is 1. The van der Waals surface area contributed by atoms with Gasteiger partial charge in [-0.1, -0.05) is 18.2 Å². The summed E-state index contributed by atoms with van der Waals surface area (Å²) in [6.45, 7) is 7.24. The molecular formula is C25H29N5O2. The van der Waals surface area contributed by atoms with Crippen molar-refractivity contribution in [1.29, 1.82) is 0 Å². The standard InChI is InChI=1S/C25H29N5O2/c31-25-21-16-24(29-22(21)5-7-28-25)20-4-6-27-23(15-20)19-3-1-2-18(14-19)17-26-8-9-30-10-12-32-13-11-30/h1-4,6,14-16,26,29H,5,7-13,17H2,(H,28,31). The molecule has 0 radical (unpaired) electrons. The largest absolute Gasteiger partial charge is 0.379 e. The molecule has 0 bridgehead atoms. The monoisotopic (exact) mass is 431 g/mol. The number of nitrogens with one attached hydrogen (secondary N) is 3. The lowest BCUT2D eigenvalue weighted by atomic mass is 10.0. The zero-order valence-electron chi connectivity index (χ0n) is 18.2. The Hall–Kier alpha value is -3.00. The molecule has 166 valence electrons. The van der Waals surface area contributed by atoms with Crippen LogP contribution in [0.3, 0.4) is 0 Å². The number of pyridine rings is 1. The van der Waals surface area contributed by atoms with E-state index in [4.69, 9.17) is 4.74 Å². The molecule has 32 heavy (non-hydrogen) atoms. The van der Waals surface area contributed by atoms with E-state index in [9.17, 15) is 4.79 Å². The number of fused-ring (bicyclic) bond motifs is 1. The van der Waals surface area contributed by atoms with Crippen LogP contribution in [0.5, 0.6) is 0 Å². The van der Waals surface area contributed by atoms with Crippen LogP contribution in [0, 0.1) is 0 Å². The molecule has 0 atom stereocenters. The molecule has 2 aromatic heterocycles. The fourth-order valence-electron chi connectivity index (χ4n) is 4.34. The van der Waals surface area contributed by atoms with Gasteiger partial charge in [0, 0.05) is 74.4 Å². The van der Waals surface area contributed by atoms with E-state index in [1.54, 1.807) is 0 Å². The van der Waals surface area contributed by atoms with Gasteiger partial charge in [0.1, 0.15) is 0 Å². The lowest BCUT2D eigenvalue weighted by Crippen LogP contribution is -2.40. The van der Waals surface area contributed by atoms with Crippen molar-refractivity contribution >= 4 is 5.91 Å². The minimum Gasteiger partial charge on any atom is -0.379 e. The van der Waals surface area contributed by atoms with Crippen LogP contribution in [0.1, 0.15) is 21.6 Å². The number of rotatable bonds is 7. The Morgan fingerprint density at radius 2 is 2.00 bits per heavy atom. The first-order chi connectivity index (χ1) is 15.8. The predicted molar refractivity (Wildman–Crippen MR) is 124 cm³/mol. The molecule has 2 aliphatic heterocycles. The van der Waals surface area contributed by atoms with Gasteiger partial charge in [-0.2, -0.15) is 0 Å². The molecule has 2 aliphatic rings. The van der Waals surface area contributed by atoms with Gasteiger partial charge in [-0.05, 0) is 29.8 Å². The summed E-state index contributed by atoms with van der Waals surface area (Å²) < 4.78 is 5.41. The normalized spacial score (nSPS) is 16.6. The number of carbonyl (C=O) groups excluding carboxylic acids is 1. The highest BCUT2D eigenvalue weighted by Crippen LogP contribution is 2.27. The molecule has 4 heterocycles. The second kappa shape index (κ2) is 9.65. The van der Waals surface area contributed by atoms with E-state index in [0.29, 0.717) is 6.54 Å². The van der Waals surface area contributed by atoms with Crippen LogP contribution in [-0.4, -0.2) is 66.7 Å². The van der Waals surface area contributed by atoms with Crippen molar-refractivity contribution in [3.8, 4) is 22.5 Å². The van der Waals surface area contributed by atoms with Crippen molar-refractivity contribution in [2.24, 2.45) is 0 Å². The van der Waals surface area contributed by atoms with Gasteiger partial charge in [0.05, 0.1) is 24.5 Å². The maximum absolute atomic E-state index is 12.1. The summed E-state index contributed by atoms with van der Waals surface area (Å²) >= 11 is 0. The number of benzene rings is 1. The molecule has 0 aliphatic carbocycles. The van der Waals surface area contributed by atoms with Crippen LogP contribution in [0.4, 0.5) is 0 Å². The van der Waals surface area contributed by atoms with Gasteiger partial charge in [0.15, 0.2) is 0 Å². The average Bonchev–Trinajstić information content (AvgIpc) is 3.29. The Bertz CT molecular complexity index is 1090. The first kappa shape index (κ1) is 20.9. The highest BCUT2D eigenvalue weighted by Gasteiger charge is 2.20. The SMILES string of the molecule is O=C1NCCc2[nH]c(-c3ccnc(-c4cccc(CNCCN5CCOCC5)c4)c3)cc21.